The van der Waals surface area contributed by atoms with Gasteiger partial charge in [0.15, 0.2) is 0 Å². The maximum absolute atomic E-state index is 5.81. The molecule has 18 heavy (non-hydrogen) atoms. The molecule has 4 nitrogen and oxygen atoms in total. The van der Waals surface area contributed by atoms with Crippen LogP contribution in [0.25, 0.3) is 10.2 Å². The van der Waals surface area contributed by atoms with E-state index in [2.05, 4.69) is 34.9 Å². The molecule has 0 bridgehead atoms. The fourth-order valence-corrected chi connectivity index (χ4v) is 3.36. The molecular weight excluding hydrogens is 244 g/mol. The Kier molecular flexibility index (Phi) is 2.86. The first-order chi connectivity index (χ1) is 8.63. The van der Waals surface area contributed by atoms with Gasteiger partial charge in [-0.3, -0.25) is 0 Å². The normalized spacial score (nSPS) is 15.9. The van der Waals surface area contributed by atoms with E-state index in [1.807, 2.05) is 0 Å². The first kappa shape index (κ1) is 11.7. The number of hydrogen-bond donors (Lipinski definition) is 1. The molecule has 2 aromatic rings. The number of nitrogens with two attached hydrogens (primary N) is 1. The van der Waals surface area contributed by atoms with Crippen LogP contribution in [0.1, 0.15) is 24.1 Å². The van der Waals surface area contributed by atoms with Crippen molar-refractivity contribution >= 4 is 33.3 Å². The van der Waals surface area contributed by atoms with E-state index in [4.69, 9.17) is 5.73 Å². The van der Waals surface area contributed by atoms with Crippen LogP contribution in [0, 0.1) is 12.8 Å². The van der Waals surface area contributed by atoms with Crippen LogP contribution in [0.2, 0.25) is 0 Å². The second kappa shape index (κ2) is 4.39. The molecule has 0 saturated heterocycles. The van der Waals surface area contributed by atoms with E-state index in [0.717, 1.165) is 28.5 Å². The number of nitrogens with zero attached hydrogens (tertiary/aromatic N) is 3. The Morgan fingerprint density at radius 1 is 1.44 bits per heavy atom. The standard InChI is InChI=1S/C13H18N4S/c1-8-6-10-11(15-13(14)16-12(10)18-8)17(2)7-9-4-3-5-9/h6,9H,3-5,7H2,1-2H3,(H2,14,15,16). The van der Waals surface area contributed by atoms with Gasteiger partial charge in [0.25, 0.3) is 0 Å². The Labute approximate surface area is 111 Å². The number of nitrogen functional groups attached to an aromatic ring is 1. The van der Waals surface area contributed by atoms with Gasteiger partial charge in [-0.15, -0.1) is 11.3 Å². The van der Waals surface area contributed by atoms with Crippen LogP contribution in [0.15, 0.2) is 6.07 Å². The van der Waals surface area contributed by atoms with Crippen molar-refractivity contribution in [2.45, 2.75) is 26.2 Å². The third kappa shape index (κ3) is 2.03. The monoisotopic (exact) mass is 262 g/mol. The first-order valence-electron chi connectivity index (χ1n) is 6.38. The van der Waals surface area contributed by atoms with Gasteiger partial charge in [0, 0.05) is 18.5 Å². The van der Waals surface area contributed by atoms with E-state index < -0.39 is 0 Å². The highest BCUT2D eigenvalue weighted by Crippen LogP contribution is 2.33. The zero-order chi connectivity index (χ0) is 12.7. The summed E-state index contributed by atoms with van der Waals surface area (Å²) in [6, 6.07) is 2.16. The minimum atomic E-state index is 0.375. The molecule has 2 aromatic heterocycles. The Hall–Kier alpha value is -1.36. The maximum atomic E-state index is 5.81. The van der Waals surface area contributed by atoms with Crippen molar-refractivity contribution in [3.63, 3.8) is 0 Å². The average Bonchev–Trinajstić information content (AvgIpc) is 2.62. The van der Waals surface area contributed by atoms with Crippen molar-refractivity contribution in [2.24, 2.45) is 5.92 Å². The second-order valence-electron chi connectivity index (χ2n) is 5.16. The Morgan fingerprint density at radius 3 is 2.89 bits per heavy atom. The third-order valence-corrected chi connectivity index (χ3v) is 4.58. The van der Waals surface area contributed by atoms with Gasteiger partial charge in [0.1, 0.15) is 10.6 Å². The Bertz CT molecular complexity index is 574. The van der Waals surface area contributed by atoms with Crippen molar-refractivity contribution in [3.05, 3.63) is 10.9 Å². The molecule has 96 valence electrons. The van der Waals surface area contributed by atoms with E-state index in [9.17, 15) is 0 Å². The molecule has 1 aliphatic carbocycles. The molecule has 1 saturated carbocycles. The van der Waals surface area contributed by atoms with Crippen LogP contribution >= 0.6 is 11.3 Å². The predicted molar refractivity (Wildman–Crippen MR) is 77.2 cm³/mol. The summed E-state index contributed by atoms with van der Waals surface area (Å²) in [6.07, 6.45) is 4.06. The lowest BCUT2D eigenvalue weighted by Gasteiger charge is -2.30. The van der Waals surface area contributed by atoms with E-state index in [1.54, 1.807) is 11.3 Å². The highest BCUT2D eigenvalue weighted by molar-refractivity contribution is 7.18. The summed E-state index contributed by atoms with van der Waals surface area (Å²) >= 11 is 1.68. The van der Waals surface area contributed by atoms with Crippen LogP contribution in [-0.4, -0.2) is 23.6 Å². The maximum Gasteiger partial charge on any atom is 0.223 e. The fourth-order valence-electron chi connectivity index (χ4n) is 2.48. The molecular formula is C13H18N4S. The average molecular weight is 262 g/mol. The number of rotatable bonds is 3. The molecule has 2 N–H and O–H groups in total. The highest BCUT2D eigenvalue weighted by Gasteiger charge is 2.21. The lowest BCUT2D eigenvalue weighted by molar-refractivity contribution is 0.321. The first-order valence-corrected chi connectivity index (χ1v) is 7.20. The van der Waals surface area contributed by atoms with E-state index >= 15 is 0 Å². The zero-order valence-electron chi connectivity index (χ0n) is 10.8. The van der Waals surface area contributed by atoms with Gasteiger partial charge in [-0.25, -0.2) is 4.98 Å². The quantitative estimate of drug-likeness (QED) is 0.924. The van der Waals surface area contributed by atoms with Gasteiger partial charge >= 0.3 is 0 Å². The number of aryl methyl sites for hydroxylation is 1. The van der Waals surface area contributed by atoms with Gasteiger partial charge in [-0.1, -0.05) is 6.42 Å². The smallest absolute Gasteiger partial charge is 0.223 e. The van der Waals surface area contributed by atoms with Crippen molar-refractivity contribution in [1.82, 2.24) is 9.97 Å². The molecule has 0 atom stereocenters. The highest BCUT2D eigenvalue weighted by atomic mass is 32.1. The Balaban J connectivity index is 1.97. The molecule has 5 heteroatoms. The Morgan fingerprint density at radius 2 is 2.22 bits per heavy atom. The minimum absolute atomic E-state index is 0.375. The number of fused-ring (bicyclic) bond motifs is 1. The van der Waals surface area contributed by atoms with Gasteiger partial charge in [-0.05, 0) is 31.7 Å². The largest absolute Gasteiger partial charge is 0.368 e. The molecule has 1 fully saturated rings. The molecule has 0 amide bonds. The van der Waals surface area contributed by atoms with Gasteiger partial charge < -0.3 is 10.6 Å². The second-order valence-corrected chi connectivity index (χ2v) is 6.39. The van der Waals surface area contributed by atoms with Crippen molar-refractivity contribution < 1.29 is 0 Å². The van der Waals surface area contributed by atoms with Crippen LogP contribution in [0.3, 0.4) is 0 Å². The molecule has 0 aromatic carbocycles. The van der Waals surface area contributed by atoms with E-state index in [0.29, 0.717) is 5.95 Å². The summed E-state index contributed by atoms with van der Waals surface area (Å²) in [5.74, 6) is 2.18. The molecule has 0 unspecified atom stereocenters. The predicted octanol–water partition coefficient (Wildman–Crippen LogP) is 2.82. The van der Waals surface area contributed by atoms with E-state index in [-0.39, 0.29) is 0 Å². The molecule has 0 radical (unpaired) electrons. The van der Waals surface area contributed by atoms with Gasteiger partial charge in [0.05, 0.1) is 5.39 Å². The number of thiophene rings is 1. The summed E-state index contributed by atoms with van der Waals surface area (Å²) in [7, 11) is 2.10. The van der Waals surface area contributed by atoms with Crippen LogP contribution in [-0.2, 0) is 0 Å². The molecule has 1 aliphatic rings. The lowest BCUT2D eigenvalue weighted by Crippen LogP contribution is -2.30. The van der Waals surface area contributed by atoms with Crippen molar-refractivity contribution in [3.8, 4) is 0 Å². The van der Waals surface area contributed by atoms with Gasteiger partial charge in [-0.2, -0.15) is 4.98 Å². The van der Waals surface area contributed by atoms with Crippen molar-refractivity contribution in [2.75, 3.05) is 24.2 Å². The van der Waals surface area contributed by atoms with Crippen LogP contribution in [0.4, 0.5) is 11.8 Å². The number of aromatic nitrogens is 2. The summed E-state index contributed by atoms with van der Waals surface area (Å²) in [4.78, 5) is 13.2. The van der Waals surface area contributed by atoms with Crippen molar-refractivity contribution in [1.29, 1.82) is 0 Å². The minimum Gasteiger partial charge on any atom is -0.368 e. The molecule has 0 aliphatic heterocycles. The molecule has 3 rings (SSSR count). The van der Waals surface area contributed by atoms with E-state index in [1.165, 1.54) is 24.1 Å². The zero-order valence-corrected chi connectivity index (χ0v) is 11.6. The van der Waals surface area contributed by atoms with Gasteiger partial charge in [0.2, 0.25) is 5.95 Å². The molecule has 0 spiro atoms. The number of hydrogen-bond acceptors (Lipinski definition) is 5. The fraction of sp³-hybridized carbons (Fsp3) is 0.538. The summed E-state index contributed by atoms with van der Waals surface area (Å²) < 4.78 is 0. The SMILES string of the molecule is Cc1cc2c(N(C)CC3CCC3)nc(N)nc2s1. The van der Waals surface area contributed by atoms with Crippen LogP contribution < -0.4 is 10.6 Å². The number of anilines is 2. The third-order valence-electron chi connectivity index (χ3n) is 3.63. The van der Waals surface area contributed by atoms with Crippen LogP contribution in [0.5, 0.6) is 0 Å². The lowest BCUT2D eigenvalue weighted by atomic mass is 9.85. The molecule has 2 heterocycles. The topological polar surface area (TPSA) is 55.0 Å². The summed E-state index contributed by atoms with van der Waals surface area (Å²) in [6.45, 7) is 3.17. The summed E-state index contributed by atoms with van der Waals surface area (Å²) in [5.41, 5.74) is 5.81. The summed E-state index contributed by atoms with van der Waals surface area (Å²) in [5, 5.41) is 1.13.